The quantitative estimate of drug-likeness (QED) is 0.926. The molecule has 7 heteroatoms. The molecule has 114 valence electrons. The number of hydrogen-bond acceptors (Lipinski definition) is 6. The van der Waals surface area contributed by atoms with Gasteiger partial charge in [-0.1, -0.05) is 0 Å². The van der Waals surface area contributed by atoms with Gasteiger partial charge < -0.3 is 10.1 Å². The van der Waals surface area contributed by atoms with E-state index in [0.717, 1.165) is 23.4 Å². The van der Waals surface area contributed by atoms with Crippen molar-refractivity contribution in [3.63, 3.8) is 0 Å². The summed E-state index contributed by atoms with van der Waals surface area (Å²) >= 11 is 0. The molecule has 3 rings (SSSR count). The van der Waals surface area contributed by atoms with Crippen molar-refractivity contribution < 1.29 is 4.74 Å². The lowest BCUT2D eigenvalue weighted by atomic mass is 10.0. The van der Waals surface area contributed by atoms with Gasteiger partial charge in [0.15, 0.2) is 5.69 Å². The lowest BCUT2D eigenvalue weighted by molar-refractivity contribution is 0.106. The van der Waals surface area contributed by atoms with Gasteiger partial charge in [0.25, 0.3) is 0 Å². The van der Waals surface area contributed by atoms with Crippen LogP contribution in [0.15, 0.2) is 12.4 Å². The van der Waals surface area contributed by atoms with Gasteiger partial charge in [-0.2, -0.15) is 10.4 Å². The van der Waals surface area contributed by atoms with Crippen LogP contribution < -0.4 is 5.32 Å². The molecule has 1 saturated heterocycles. The van der Waals surface area contributed by atoms with Crippen LogP contribution in [-0.2, 0) is 11.8 Å². The van der Waals surface area contributed by atoms with Gasteiger partial charge in [0.2, 0.25) is 0 Å². The van der Waals surface area contributed by atoms with E-state index >= 15 is 0 Å². The maximum absolute atomic E-state index is 8.76. The molecule has 0 aliphatic carbocycles. The average Bonchev–Trinajstić information content (AvgIpc) is 3.05. The Morgan fingerprint density at radius 2 is 2.18 bits per heavy atom. The van der Waals surface area contributed by atoms with Gasteiger partial charge in [-0.05, 0) is 20.3 Å². The number of nitriles is 1. The third-order valence-corrected chi connectivity index (χ3v) is 4.04. The molecule has 2 aromatic rings. The van der Waals surface area contributed by atoms with Crippen molar-refractivity contribution >= 4 is 5.82 Å². The molecule has 22 heavy (non-hydrogen) atoms. The first kappa shape index (κ1) is 14.5. The maximum atomic E-state index is 8.76. The summed E-state index contributed by atoms with van der Waals surface area (Å²) in [6, 6.07) is 2.08. The smallest absolute Gasteiger partial charge is 0.158 e. The van der Waals surface area contributed by atoms with Gasteiger partial charge in [-0.15, -0.1) is 0 Å². The number of rotatable bonds is 3. The molecule has 0 aromatic carbocycles. The van der Waals surface area contributed by atoms with Crippen molar-refractivity contribution in [1.29, 1.82) is 5.26 Å². The molecule has 1 fully saturated rings. The van der Waals surface area contributed by atoms with E-state index in [4.69, 9.17) is 10.00 Å². The van der Waals surface area contributed by atoms with E-state index in [1.54, 1.807) is 6.20 Å². The second-order valence-corrected chi connectivity index (χ2v) is 5.44. The highest BCUT2D eigenvalue weighted by Crippen LogP contribution is 2.34. The number of aryl methyl sites for hydroxylation is 2. The van der Waals surface area contributed by atoms with Gasteiger partial charge in [0, 0.05) is 24.9 Å². The summed E-state index contributed by atoms with van der Waals surface area (Å²) in [5.74, 6) is 0.652. The molecule has 1 N–H and O–H groups in total. The van der Waals surface area contributed by atoms with E-state index < -0.39 is 0 Å². The number of anilines is 1. The summed E-state index contributed by atoms with van der Waals surface area (Å²) < 4.78 is 7.81. The largest absolute Gasteiger partial charge is 0.371 e. The first-order valence-corrected chi connectivity index (χ1v) is 7.20. The average molecular weight is 298 g/mol. The molecule has 2 aromatic heterocycles. The highest BCUT2D eigenvalue weighted by molar-refractivity contribution is 5.38. The summed E-state index contributed by atoms with van der Waals surface area (Å²) in [4.78, 5) is 8.25. The molecule has 0 unspecified atom stereocenters. The minimum absolute atomic E-state index is 0.0499. The second kappa shape index (κ2) is 5.73. The summed E-state index contributed by atoms with van der Waals surface area (Å²) in [5, 5.41) is 16.6. The van der Waals surface area contributed by atoms with Crippen LogP contribution in [0.3, 0.4) is 0 Å². The molecule has 7 nitrogen and oxygen atoms in total. The zero-order valence-electron chi connectivity index (χ0n) is 12.9. The number of ether oxygens (including phenoxy) is 1. The topological polar surface area (TPSA) is 88.6 Å². The minimum Gasteiger partial charge on any atom is -0.371 e. The van der Waals surface area contributed by atoms with Crippen LogP contribution in [0, 0.1) is 25.2 Å². The monoisotopic (exact) mass is 298 g/mol. The molecule has 0 amide bonds. The Balaban J connectivity index is 1.82. The van der Waals surface area contributed by atoms with Crippen LogP contribution in [0.4, 0.5) is 5.82 Å². The zero-order chi connectivity index (χ0) is 15.7. The number of aromatic nitrogens is 4. The third-order valence-electron chi connectivity index (χ3n) is 4.04. The van der Waals surface area contributed by atoms with Crippen molar-refractivity contribution in [3.05, 3.63) is 35.0 Å². The summed E-state index contributed by atoms with van der Waals surface area (Å²) in [5.41, 5.74) is 3.55. The second-order valence-electron chi connectivity index (χ2n) is 5.44. The van der Waals surface area contributed by atoms with Crippen LogP contribution in [0.1, 0.15) is 35.2 Å². The summed E-state index contributed by atoms with van der Waals surface area (Å²) in [6.45, 7) is 4.75. The van der Waals surface area contributed by atoms with Gasteiger partial charge in [0.05, 0.1) is 24.1 Å². The molecule has 1 aliphatic rings. The van der Waals surface area contributed by atoms with E-state index in [0.29, 0.717) is 18.1 Å². The highest BCUT2D eigenvalue weighted by atomic mass is 16.5. The maximum Gasteiger partial charge on any atom is 0.158 e. The van der Waals surface area contributed by atoms with Gasteiger partial charge >= 0.3 is 0 Å². The van der Waals surface area contributed by atoms with Crippen LogP contribution in [0.5, 0.6) is 0 Å². The Morgan fingerprint density at radius 3 is 2.77 bits per heavy atom. The lowest BCUT2D eigenvalue weighted by Crippen LogP contribution is -2.24. The Hall–Kier alpha value is -2.46. The Morgan fingerprint density at radius 1 is 1.36 bits per heavy atom. The van der Waals surface area contributed by atoms with Crippen molar-refractivity contribution in [3.8, 4) is 6.07 Å². The molecular formula is C15H18N6O. The van der Waals surface area contributed by atoms with Gasteiger partial charge in [-0.3, -0.25) is 4.68 Å². The van der Waals surface area contributed by atoms with Gasteiger partial charge in [-0.25, -0.2) is 9.97 Å². The Labute approximate surface area is 129 Å². The number of nitrogens with one attached hydrogen (secondary N) is 1. The first-order valence-electron chi connectivity index (χ1n) is 7.20. The fraction of sp³-hybridized carbons (Fsp3) is 0.467. The first-order chi connectivity index (χ1) is 10.6. The van der Waals surface area contributed by atoms with Crippen molar-refractivity contribution in [2.75, 3.05) is 11.9 Å². The minimum atomic E-state index is -0.0499. The van der Waals surface area contributed by atoms with Crippen molar-refractivity contribution in [2.45, 2.75) is 32.4 Å². The van der Waals surface area contributed by atoms with E-state index in [1.807, 2.05) is 24.7 Å². The fourth-order valence-corrected chi connectivity index (χ4v) is 2.87. The molecule has 0 bridgehead atoms. The molecule has 0 saturated carbocycles. The summed E-state index contributed by atoms with van der Waals surface area (Å²) in [6.07, 6.45) is 3.89. The lowest BCUT2D eigenvalue weighted by Gasteiger charge is -2.21. The molecule has 0 radical (unpaired) electrons. The zero-order valence-corrected chi connectivity index (χ0v) is 12.9. The van der Waals surface area contributed by atoms with Crippen LogP contribution >= 0.6 is 0 Å². The predicted molar refractivity (Wildman–Crippen MR) is 80.1 cm³/mol. The van der Waals surface area contributed by atoms with E-state index in [9.17, 15) is 0 Å². The highest BCUT2D eigenvalue weighted by Gasteiger charge is 2.33. The third kappa shape index (κ3) is 2.53. The summed E-state index contributed by atoms with van der Waals surface area (Å²) in [7, 11) is 1.94. The van der Waals surface area contributed by atoms with E-state index in [2.05, 4.69) is 27.3 Å². The van der Waals surface area contributed by atoms with Crippen molar-refractivity contribution in [1.82, 2.24) is 19.7 Å². The number of nitrogens with zero attached hydrogens (tertiary/aromatic N) is 5. The molecule has 1 aliphatic heterocycles. The van der Waals surface area contributed by atoms with E-state index in [1.165, 1.54) is 6.20 Å². The van der Waals surface area contributed by atoms with E-state index in [-0.39, 0.29) is 12.1 Å². The predicted octanol–water partition coefficient (Wildman–Crippen LogP) is 1.64. The Bertz CT molecular complexity index is 715. The van der Waals surface area contributed by atoms with Crippen LogP contribution in [-0.4, -0.2) is 32.4 Å². The standard InChI is InChI=1S/C15H18N6O/c1-9-14(10(2)21(3)20-9)15-12(4-5-22-15)19-13-8-17-11(6-16)7-18-13/h7-8,12,15H,4-5H2,1-3H3,(H,18,19)/t12-,15-/m0/s1. The molecule has 3 heterocycles. The number of hydrogen-bond donors (Lipinski definition) is 1. The van der Waals surface area contributed by atoms with Gasteiger partial charge in [0.1, 0.15) is 18.0 Å². The Kier molecular flexibility index (Phi) is 3.77. The fourth-order valence-electron chi connectivity index (χ4n) is 2.87. The molecule has 0 spiro atoms. The SMILES string of the molecule is Cc1nn(C)c(C)c1[C@H]1OCC[C@@H]1Nc1cnc(C#N)cn1. The van der Waals surface area contributed by atoms with Crippen LogP contribution in [0.25, 0.3) is 0 Å². The molecule has 2 atom stereocenters. The van der Waals surface area contributed by atoms with Crippen molar-refractivity contribution in [2.24, 2.45) is 7.05 Å². The normalized spacial score (nSPS) is 20.8. The van der Waals surface area contributed by atoms with Crippen LogP contribution in [0.2, 0.25) is 0 Å². The molecular weight excluding hydrogens is 280 g/mol.